The third-order valence-corrected chi connectivity index (χ3v) is 10.8. The second-order valence-corrected chi connectivity index (χ2v) is 15.1. The van der Waals surface area contributed by atoms with E-state index in [0.29, 0.717) is 59.4 Å². The van der Waals surface area contributed by atoms with Gasteiger partial charge >= 0.3 is 10.2 Å². The zero-order chi connectivity index (χ0) is 36.8. The lowest BCUT2D eigenvalue weighted by molar-refractivity contribution is -0.126. The first-order valence-corrected chi connectivity index (χ1v) is 18.7. The van der Waals surface area contributed by atoms with Gasteiger partial charge in [-0.15, -0.1) is 0 Å². The molecule has 272 valence electrons. The van der Waals surface area contributed by atoms with Gasteiger partial charge in [0.15, 0.2) is 11.5 Å². The Morgan fingerprint density at radius 2 is 1.81 bits per heavy atom. The van der Waals surface area contributed by atoms with Crippen molar-refractivity contribution in [2.45, 2.75) is 52.0 Å². The number of carbonyl (C=O) groups is 1. The van der Waals surface area contributed by atoms with Gasteiger partial charge < -0.3 is 18.9 Å². The number of ether oxygens (including phenoxy) is 4. The highest BCUT2D eigenvalue weighted by Crippen LogP contribution is 2.38. The molecule has 14 heteroatoms. The van der Waals surface area contributed by atoms with E-state index in [1.807, 2.05) is 42.2 Å². The summed E-state index contributed by atoms with van der Waals surface area (Å²) in [5, 5.41) is 9.71. The van der Waals surface area contributed by atoms with Crippen LogP contribution < -0.4 is 23.7 Å². The van der Waals surface area contributed by atoms with Gasteiger partial charge in [-0.05, 0) is 72.8 Å². The molecule has 0 unspecified atom stereocenters. The smallest absolute Gasteiger partial charge is 0.303 e. The number of fused-ring (bicyclic) bond motifs is 1. The van der Waals surface area contributed by atoms with Crippen LogP contribution in [0.4, 0.5) is 0 Å². The number of pyridine rings is 1. The highest BCUT2D eigenvalue weighted by molar-refractivity contribution is 7.87. The van der Waals surface area contributed by atoms with Crippen LogP contribution in [0, 0.1) is 18.3 Å². The predicted molar refractivity (Wildman–Crippen MR) is 195 cm³/mol. The fourth-order valence-corrected chi connectivity index (χ4v) is 7.05. The van der Waals surface area contributed by atoms with Crippen LogP contribution in [-0.2, 0) is 34.8 Å². The molecule has 1 saturated heterocycles. The average Bonchev–Trinajstić information content (AvgIpc) is 3.14. The summed E-state index contributed by atoms with van der Waals surface area (Å²) in [5.74, 6) is 1.73. The number of aromatic nitrogens is 1. The first-order chi connectivity index (χ1) is 25.0. The molecular weight excluding hydrogens is 706 g/mol. The van der Waals surface area contributed by atoms with Crippen molar-refractivity contribution in [3.63, 3.8) is 0 Å². The van der Waals surface area contributed by atoms with Crippen molar-refractivity contribution >= 4 is 27.7 Å². The van der Waals surface area contributed by atoms with Crippen molar-refractivity contribution < 1.29 is 32.2 Å². The molecule has 0 aliphatic carbocycles. The highest BCUT2D eigenvalue weighted by atomic mass is 35.5. The van der Waals surface area contributed by atoms with E-state index in [1.165, 1.54) is 20.3 Å². The van der Waals surface area contributed by atoms with Crippen molar-refractivity contribution in [2.75, 3.05) is 33.9 Å². The standard InChI is InChI=1S/C38H40ClN5O7S/c1-25-29(7-6-8-31(25)28-10-11-34-37(17-28)49-14-13-48-34)24-51-36-18-35(50-23-27-15-26(19-40)20-41-21-27)30(16-32(36)39)22-44-12-5-4-9-33(44)38(45)42-52(46,47)43(2)3/h6-8,10-11,15-18,20-21,33H,4-5,9,12-14,22-24H2,1-3H3,(H,42,45)/t33-/m0/s1. The number of halogens is 1. The molecule has 6 rings (SSSR count). The Bertz CT molecular complexity index is 2100. The largest absolute Gasteiger partial charge is 0.488 e. The molecule has 0 radical (unpaired) electrons. The van der Waals surface area contributed by atoms with Gasteiger partial charge in [0.2, 0.25) is 0 Å². The van der Waals surface area contributed by atoms with Gasteiger partial charge in [-0.3, -0.25) is 14.7 Å². The van der Waals surface area contributed by atoms with Gasteiger partial charge in [0.25, 0.3) is 5.91 Å². The molecule has 1 fully saturated rings. The third kappa shape index (κ3) is 8.59. The fraction of sp³-hybridized carbons (Fsp3) is 0.342. The first kappa shape index (κ1) is 36.9. The lowest BCUT2D eigenvalue weighted by Gasteiger charge is -2.35. The maximum atomic E-state index is 13.2. The van der Waals surface area contributed by atoms with Gasteiger partial charge in [-0.25, -0.2) is 4.72 Å². The van der Waals surface area contributed by atoms with Crippen molar-refractivity contribution in [1.29, 1.82) is 5.26 Å². The van der Waals surface area contributed by atoms with Crippen molar-refractivity contribution in [2.24, 2.45) is 0 Å². The number of piperidine rings is 1. The van der Waals surface area contributed by atoms with E-state index >= 15 is 0 Å². The van der Waals surface area contributed by atoms with E-state index < -0.39 is 22.2 Å². The molecule has 2 aliphatic heterocycles. The Morgan fingerprint density at radius 1 is 1.02 bits per heavy atom. The maximum Gasteiger partial charge on any atom is 0.303 e. The van der Waals surface area contributed by atoms with E-state index in [-0.39, 0.29) is 19.8 Å². The molecule has 2 aliphatic rings. The van der Waals surface area contributed by atoms with Crippen molar-refractivity contribution in [3.05, 3.63) is 99.8 Å². The van der Waals surface area contributed by atoms with Crippen LogP contribution in [-0.4, -0.2) is 68.4 Å². The Hall–Kier alpha value is -4.87. The van der Waals surface area contributed by atoms with E-state index in [9.17, 15) is 18.5 Å². The number of carbonyl (C=O) groups excluding carboxylic acids is 1. The lowest BCUT2D eigenvalue weighted by atomic mass is 9.96. The minimum atomic E-state index is -3.96. The van der Waals surface area contributed by atoms with Gasteiger partial charge in [-0.1, -0.05) is 42.3 Å². The average molecular weight is 746 g/mol. The minimum Gasteiger partial charge on any atom is -0.488 e. The van der Waals surface area contributed by atoms with E-state index in [2.05, 4.69) is 21.8 Å². The van der Waals surface area contributed by atoms with Crippen molar-refractivity contribution in [3.8, 4) is 40.2 Å². The summed E-state index contributed by atoms with van der Waals surface area (Å²) in [6, 6.07) is 18.6. The number of likely N-dealkylation sites (tertiary alicyclic amines) is 1. The van der Waals surface area contributed by atoms with Crippen LogP contribution in [0.5, 0.6) is 23.0 Å². The van der Waals surface area contributed by atoms with Crippen molar-refractivity contribution in [1.82, 2.24) is 18.9 Å². The quantitative estimate of drug-likeness (QED) is 0.189. The fourth-order valence-electron chi connectivity index (χ4n) is 6.23. The molecule has 3 aromatic carbocycles. The zero-order valence-corrected chi connectivity index (χ0v) is 30.8. The summed E-state index contributed by atoms with van der Waals surface area (Å²) in [4.78, 5) is 19.3. The van der Waals surface area contributed by atoms with Gasteiger partial charge in [-0.2, -0.15) is 18.0 Å². The Balaban J connectivity index is 1.26. The second-order valence-electron chi connectivity index (χ2n) is 12.8. The molecular formula is C38H40ClN5O7S. The maximum absolute atomic E-state index is 13.2. The topological polar surface area (TPSA) is 143 Å². The Kier molecular flexibility index (Phi) is 11.5. The number of nitriles is 1. The zero-order valence-electron chi connectivity index (χ0n) is 29.2. The van der Waals surface area contributed by atoms with Crippen LogP contribution >= 0.6 is 11.6 Å². The molecule has 1 aromatic heterocycles. The van der Waals surface area contributed by atoms with Gasteiger partial charge in [0.05, 0.1) is 16.6 Å². The molecule has 12 nitrogen and oxygen atoms in total. The number of hydrogen-bond donors (Lipinski definition) is 1. The van der Waals surface area contributed by atoms with Crippen LogP contribution in [0.25, 0.3) is 11.1 Å². The molecule has 0 bridgehead atoms. The van der Waals surface area contributed by atoms with E-state index in [0.717, 1.165) is 50.9 Å². The van der Waals surface area contributed by atoms with Crippen LogP contribution in [0.2, 0.25) is 5.02 Å². The molecule has 1 atom stereocenters. The SMILES string of the molecule is Cc1c(COc2cc(OCc3cncc(C#N)c3)c(CN3CCCC[C@H]3C(=O)NS(=O)(=O)N(C)C)cc2Cl)cccc1-c1ccc2c(c1)OCCO2. The molecule has 0 saturated carbocycles. The number of benzene rings is 3. The van der Waals surface area contributed by atoms with Gasteiger partial charge in [0.1, 0.15) is 44.0 Å². The summed E-state index contributed by atoms with van der Waals surface area (Å²) in [6.45, 7) is 4.25. The summed E-state index contributed by atoms with van der Waals surface area (Å²) >= 11 is 6.86. The number of rotatable bonds is 12. The third-order valence-electron chi connectivity index (χ3n) is 9.12. The number of nitrogens with zero attached hydrogens (tertiary/aromatic N) is 4. The number of hydrogen-bond acceptors (Lipinski definition) is 10. The minimum absolute atomic E-state index is 0.109. The highest BCUT2D eigenvalue weighted by Gasteiger charge is 2.32. The second kappa shape index (κ2) is 16.2. The summed E-state index contributed by atoms with van der Waals surface area (Å²) in [5.41, 5.74) is 5.83. The summed E-state index contributed by atoms with van der Waals surface area (Å²) < 4.78 is 52.3. The number of nitrogens with one attached hydrogen (secondary N) is 1. The Morgan fingerprint density at radius 3 is 2.60 bits per heavy atom. The normalized spacial score (nSPS) is 15.9. The molecule has 1 N–H and O–H groups in total. The summed E-state index contributed by atoms with van der Waals surface area (Å²) in [7, 11) is -1.23. The molecule has 4 aromatic rings. The lowest BCUT2D eigenvalue weighted by Crippen LogP contribution is -2.52. The van der Waals surface area contributed by atoms with E-state index in [1.54, 1.807) is 24.4 Å². The molecule has 0 spiro atoms. The Labute approximate surface area is 309 Å². The monoisotopic (exact) mass is 745 g/mol. The molecule has 3 heterocycles. The van der Waals surface area contributed by atoms with Crippen LogP contribution in [0.15, 0.2) is 67.0 Å². The van der Waals surface area contributed by atoms with Crippen LogP contribution in [0.3, 0.4) is 0 Å². The molecule has 52 heavy (non-hydrogen) atoms. The van der Waals surface area contributed by atoms with E-state index in [4.69, 9.17) is 30.5 Å². The predicted octanol–water partition coefficient (Wildman–Crippen LogP) is 5.79. The number of amides is 1. The molecule has 1 amide bonds. The first-order valence-electron chi connectivity index (χ1n) is 16.9. The van der Waals surface area contributed by atoms with Crippen LogP contribution in [0.1, 0.15) is 47.1 Å². The summed E-state index contributed by atoms with van der Waals surface area (Å²) in [6.07, 6.45) is 5.22. The van der Waals surface area contributed by atoms with Gasteiger partial charge in [0, 0.05) is 50.2 Å².